The number of piperazine rings is 1. The summed E-state index contributed by atoms with van der Waals surface area (Å²) in [5, 5.41) is 4.25. The lowest BCUT2D eigenvalue weighted by Crippen LogP contribution is -2.54. The predicted molar refractivity (Wildman–Crippen MR) is 115 cm³/mol. The Morgan fingerprint density at radius 2 is 1.48 bits per heavy atom. The average molecular weight is 420 g/mol. The van der Waals surface area contributed by atoms with Crippen LogP contribution in [0.2, 0.25) is 0 Å². The van der Waals surface area contributed by atoms with Crippen LogP contribution in [0.1, 0.15) is 29.9 Å². The van der Waals surface area contributed by atoms with Gasteiger partial charge in [0.25, 0.3) is 5.91 Å². The second kappa shape index (κ2) is 8.34. The number of aromatic nitrogens is 2. The average Bonchev–Trinajstić information content (AvgIpc) is 3.29. The maximum Gasteiger partial charge on any atom is 0.274 e. The highest BCUT2D eigenvalue weighted by molar-refractivity contribution is 5.93. The van der Waals surface area contributed by atoms with Crippen LogP contribution in [0.15, 0.2) is 66.9 Å². The lowest BCUT2D eigenvalue weighted by Gasteiger charge is -2.38. The van der Waals surface area contributed by atoms with Crippen LogP contribution in [0.4, 0.5) is 4.39 Å². The number of halogens is 1. The summed E-state index contributed by atoms with van der Waals surface area (Å²) >= 11 is 0. The van der Waals surface area contributed by atoms with Crippen LogP contribution in [0.5, 0.6) is 0 Å². The number of carbonyl (C=O) groups is 2. The first-order valence-electron chi connectivity index (χ1n) is 10.3. The van der Waals surface area contributed by atoms with Gasteiger partial charge in [0.05, 0.1) is 5.41 Å². The van der Waals surface area contributed by atoms with E-state index in [2.05, 4.69) is 5.10 Å². The Hall–Kier alpha value is -3.48. The van der Waals surface area contributed by atoms with Gasteiger partial charge in [-0.25, -0.2) is 9.07 Å². The van der Waals surface area contributed by atoms with Crippen LogP contribution in [0.3, 0.4) is 0 Å². The zero-order valence-corrected chi connectivity index (χ0v) is 17.7. The number of hydrogen-bond acceptors (Lipinski definition) is 3. The van der Waals surface area contributed by atoms with Crippen molar-refractivity contribution in [2.24, 2.45) is 0 Å². The van der Waals surface area contributed by atoms with Crippen molar-refractivity contribution < 1.29 is 14.0 Å². The van der Waals surface area contributed by atoms with Crippen molar-refractivity contribution in [3.8, 4) is 5.69 Å². The number of benzene rings is 2. The predicted octanol–water partition coefficient (Wildman–Crippen LogP) is 3.27. The van der Waals surface area contributed by atoms with Gasteiger partial charge in [-0.05, 0) is 37.6 Å². The summed E-state index contributed by atoms with van der Waals surface area (Å²) in [4.78, 5) is 29.5. The fourth-order valence-electron chi connectivity index (χ4n) is 3.86. The molecule has 0 radical (unpaired) electrons. The number of para-hydroxylation sites is 1. The topological polar surface area (TPSA) is 58.4 Å². The molecule has 6 nitrogen and oxygen atoms in total. The first-order valence-corrected chi connectivity index (χ1v) is 10.3. The van der Waals surface area contributed by atoms with Gasteiger partial charge in [0.15, 0.2) is 5.69 Å². The summed E-state index contributed by atoms with van der Waals surface area (Å²) in [6.45, 7) is 5.66. The highest BCUT2D eigenvalue weighted by atomic mass is 19.1. The molecule has 1 aliphatic heterocycles. The number of carbonyl (C=O) groups excluding carboxylic acids is 2. The largest absolute Gasteiger partial charge is 0.338 e. The molecule has 2 aromatic carbocycles. The van der Waals surface area contributed by atoms with Crippen LogP contribution < -0.4 is 0 Å². The lowest BCUT2D eigenvalue weighted by molar-refractivity contribution is -0.137. The molecule has 7 heteroatoms. The van der Waals surface area contributed by atoms with Gasteiger partial charge in [-0.1, -0.05) is 42.5 Å². The van der Waals surface area contributed by atoms with Crippen molar-refractivity contribution in [3.63, 3.8) is 0 Å². The standard InChI is InChI=1S/C24H25FN4O2/c1-24(2,18-8-4-3-5-9-18)23(31)28-16-14-27(15-17-28)22(30)20-12-13-29(26-20)21-11-7-6-10-19(21)25/h3-13H,14-17H2,1-2H3. The Morgan fingerprint density at radius 3 is 2.16 bits per heavy atom. The molecule has 160 valence electrons. The van der Waals surface area contributed by atoms with Crippen molar-refractivity contribution in [2.75, 3.05) is 26.2 Å². The third-order valence-corrected chi connectivity index (χ3v) is 5.79. The van der Waals surface area contributed by atoms with Gasteiger partial charge in [-0.3, -0.25) is 9.59 Å². The molecule has 2 amide bonds. The molecule has 0 saturated carbocycles. The minimum atomic E-state index is -0.633. The smallest absolute Gasteiger partial charge is 0.274 e. The van der Waals surface area contributed by atoms with E-state index in [-0.39, 0.29) is 17.5 Å². The normalized spacial score (nSPS) is 14.5. The molecule has 0 atom stereocenters. The number of nitrogens with zero attached hydrogens (tertiary/aromatic N) is 4. The van der Waals surface area contributed by atoms with E-state index in [1.54, 1.807) is 35.4 Å². The van der Waals surface area contributed by atoms with Gasteiger partial charge in [-0.15, -0.1) is 0 Å². The zero-order valence-electron chi connectivity index (χ0n) is 17.7. The van der Waals surface area contributed by atoms with E-state index in [9.17, 15) is 14.0 Å². The third-order valence-electron chi connectivity index (χ3n) is 5.79. The van der Waals surface area contributed by atoms with Crippen LogP contribution in [0, 0.1) is 5.82 Å². The summed E-state index contributed by atoms with van der Waals surface area (Å²) in [5.41, 5.74) is 0.886. The molecule has 1 saturated heterocycles. The third kappa shape index (κ3) is 4.08. The fraction of sp³-hybridized carbons (Fsp3) is 0.292. The quantitative estimate of drug-likeness (QED) is 0.651. The maximum absolute atomic E-state index is 14.0. The van der Waals surface area contributed by atoms with Gasteiger partial charge >= 0.3 is 0 Å². The molecule has 0 bridgehead atoms. The van der Waals surface area contributed by atoms with E-state index in [4.69, 9.17) is 0 Å². The van der Waals surface area contributed by atoms with Crippen molar-refractivity contribution in [1.29, 1.82) is 0 Å². The first-order chi connectivity index (χ1) is 14.9. The van der Waals surface area contributed by atoms with E-state index >= 15 is 0 Å². The van der Waals surface area contributed by atoms with Crippen molar-refractivity contribution >= 4 is 11.8 Å². The highest BCUT2D eigenvalue weighted by Gasteiger charge is 2.36. The number of amides is 2. The Kier molecular flexibility index (Phi) is 5.59. The Morgan fingerprint density at radius 1 is 0.871 bits per heavy atom. The van der Waals surface area contributed by atoms with E-state index in [1.807, 2.05) is 49.1 Å². The molecule has 2 heterocycles. The summed E-state index contributed by atoms with van der Waals surface area (Å²) in [5.74, 6) is -0.572. The second-order valence-corrected chi connectivity index (χ2v) is 8.17. The molecule has 0 spiro atoms. The Bertz CT molecular complexity index is 1090. The Balaban J connectivity index is 1.41. The molecule has 1 aromatic heterocycles. The van der Waals surface area contributed by atoms with Crippen molar-refractivity contribution in [3.05, 3.63) is 83.9 Å². The van der Waals surface area contributed by atoms with Crippen LogP contribution >= 0.6 is 0 Å². The SMILES string of the molecule is CC(C)(C(=O)N1CCN(C(=O)c2ccn(-c3ccccc3F)n2)CC1)c1ccccc1. The molecule has 4 rings (SSSR count). The lowest BCUT2D eigenvalue weighted by atomic mass is 9.83. The van der Waals surface area contributed by atoms with Gasteiger partial charge in [0, 0.05) is 32.4 Å². The van der Waals surface area contributed by atoms with E-state index in [1.165, 1.54) is 10.7 Å². The summed E-state index contributed by atoms with van der Waals surface area (Å²) < 4.78 is 15.4. The minimum absolute atomic E-state index is 0.0506. The Labute approximate surface area is 180 Å². The summed E-state index contributed by atoms with van der Waals surface area (Å²) in [7, 11) is 0. The van der Waals surface area contributed by atoms with Gasteiger partial charge in [-0.2, -0.15) is 5.10 Å². The van der Waals surface area contributed by atoms with Crippen molar-refractivity contribution in [1.82, 2.24) is 19.6 Å². The number of hydrogen-bond donors (Lipinski definition) is 0. The molecule has 1 aliphatic rings. The van der Waals surface area contributed by atoms with Crippen LogP contribution in [-0.2, 0) is 10.2 Å². The molecule has 1 fully saturated rings. The first kappa shape index (κ1) is 20.8. The molecule has 3 aromatic rings. The number of rotatable bonds is 4. The van der Waals surface area contributed by atoms with Gasteiger partial charge in [0.2, 0.25) is 5.91 Å². The molecule has 0 N–H and O–H groups in total. The zero-order chi connectivity index (χ0) is 22.0. The van der Waals surface area contributed by atoms with E-state index in [0.29, 0.717) is 31.9 Å². The molecule has 0 aliphatic carbocycles. The maximum atomic E-state index is 14.0. The summed E-state index contributed by atoms with van der Waals surface area (Å²) in [6, 6.07) is 17.6. The molecule has 31 heavy (non-hydrogen) atoms. The summed E-state index contributed by atoms with van der Waals surface area (Å²) in [6.07, 6.45) is 1.58. The molecular formula is C24H25FN4O2. The monoisotopic (exact) mass is 420 g/mol. The molecular weight excluding hydrogens is 395 g/mol. The van der Waals surface area contributed by atoms with Crippen LogP contribution in [-0.4, -0.2) is 57.6 Å². The van der Waals surface area contributed by atoms with Crippen molar-refractivity contribution in [2.45, 2.75) is 19.3 Å². The second-order valence-electron chi connectivity index (χ2n) is 8.17. The van der Waals surface area contributed by atoms with Gasteiger partial charge < -0.3 is 9.80 Å². The van der Waals surface area contributed by atoms with E-state index in [0.717, 1.165) is 5.56 Å². The van der Waals surface area contributed by atoms with Gasteiger partial charge in [0.1, 0.15) is 11.5 Å². The minimum Gasteiger partial charge on any atom is -0.338 e. The highest BCUT2D eigenvalue weighted by Crippen LogP contribution is 2.26. The van der Waals surface area contributed by atoms with Crippen LogP contribution in [0.25, 0.3) is 5.69 Å². The van der Waals surface area contributed by atoms with E-state index < -0.39 is 11.2 Å². The fourth-order valence-corrected chi connectivity index (χ4v) is 3.86. The molecule has 0 unspecified atom stereocenters.